The maximum atomic E-state index is 14.0. The number of nitrogens with one attached hydrogen (secondary N) is 4. The molecule has 9 N–H and O–H groups in total. The van der Waals surface area contributed by atoms with E-state index >= 15 is 0 Å². The van der Waals surface area contributed by atoms with E-state index in [2.05, 4.69) is 36.6 Å². The van der Waals surface area contributed by atoms with Gasteiger partial charge in [-0.25, -0.2) is 9.97 Å². The first-order valence-electron chi connectivity index (χ1n) is 23.2. The van der Waals surface area contributed by atoms with E-state index in [4.69, 9.17) is 31.0 Å². The third-order valence-corrected chi connectivity index (χ3v) is 12.3. The van der Waals surface area contributed by atoms with Crippen LogP contribution in [0.2, 0.25) is 0 Å². The maximum Gasteiger partial charge on any atom is 0.276 e. The standard InChI is InChI=1S/C47H59N15O7/c1-5-61-35(18-28(3)57-61)43(65)54-45-52-33-20-30(24-63)21-37-40(33)59(45)16-9-10-17-60-41-34(53-46(60)55-44(66)36-19-29(4)58-62(36)6-2)22-31(42(64)50-15-11-12-39(48)56-49)23-38(41)69-26-32(25-68-37)51-27-47(67)13-7-8-14-47/h9-10,18-24,32,51,67H,5-8,11-17,25-27,49H2,1-4H3,(H2,48,56)(H,50,64)(H,52,54,65)(H,53,55,66)/b10-9+. The van der Waals surface area contributed by atoms with Gasteiger partial charge in [0.15, 0.2) is 0 Å². The lowest BCUT2D eigenvalue weighted by molar-refractivity contribution is 0.0403. The lowest BCUT2D eigenvalue weighted by atomic mass is 10.0. The zero-order valence-corrected chi connectivity index (χ0v) is 39.2. The number of aryl methyl sites for hydroxylation is 4. The summed E-state index contributed by atoms with van der Waals surface area (Å²) in [5.41, 5.74) is 9.21. The SMILES string of the molecule is CCn1nc(C)cc1C(=O)Nc1nc2cc(C=O)cc3c2n1C/C=C/Cn1c(NC(=O)c2cc(C)nn2CC)nc2cc(C(=O)NCCCC(N)=NN)cc(c21)OCC(NCC1(O)CCCC1)CO3. The Balaban J connectivity index is 1.23. The second kappa shape index (κ2) is 20.7. The fourth-order valence-electron chi connectivity index (χ4n) is 8.80. The predicted molar refractivity (Wildman–Crippen MR) is 259 cm³/mol. The van der Waals surface area contributed by atoms with Gasteiger partial charge in [0.25, 0.3) is 17.7 Å². The number of carbonyl (C=O) groups is 4. The molecule has 8 rings (SSSR count). The van der Waals surface area contributed by atoms with Gasteiger partial charge in [0, 0.05) is 56.8 Å². The molecule has 0 spiro atoms. The molecule has 0 bridgehead atoms. The molecule has 1 unspecified atom stereocenters. The van der Waals surface area contributed by atoms with Crippen LogP contribution in [0.1, 0.15) is 105 Å². The molecular formula is C47H59N15O7. The van der Waals surface area contributed by atoms with Gasteiger partial charge in [-0.15, -0.1) is 0 Å². The molecule has 1 aliphatic heterocycles. The Kier molecular flexibility index (Phi) is 14.4. The average molecular weight is 946 g/mol. The van der Waals surface area contributed by atoms with Crippen LogP contribution < -0.4 is 42.3 Å². The number of carbonyl (C=O) groups excluding carboxylic acids is 4. The number of imidazole rings is 2. The van der Waals surface area contributed by atoms with E-state index in [9.17, 15) is 24.3 Å². The smallest absolute Gasteiger partial charge is 0.276 e. The molecule has 2 aromatic carbocycles. The van der Waals surface area contributed by atoms with Crippen LogP contribution in [0.5, 0.6) is 11.5 Å². The van der Waals surface area contributed by atoms with Crippen molar-refractivity contribution in [2.24, 2.45) is 16.7 Å². The number of amidine groups is 1. The van der Waals surface area contributed by atoms with Gasteiger partial charge in [0.05, 0.1) is 34.1 Å². The Labute approximate surface area is 397 Å². The summed E-state index contributed by atoms with van der Waals surface area (Å²) < 4.78 is 20.1. The Morgan fingerprint density at radius 3 is 1.91 bits per heavy atom. The van der Waals surface area contributed by atoms with Gasteiger partial charge in [0.2, 0.25) is 11.9 Å². The molecule has 364 valence electrons. The summed E-state index contributed by atoms with van der Waals surface area (Å²) in [5.74, 6) is 5.30. The number of anilines is 2. The molecule has 4 aromatic heterocycles. The lowest BCUT2D eigenvalue weighted by Gasteiger charge is -2.27. The molecule has 0 radical (unpaired) electrons. The summed E-state index contributed by atoms with van der Waals surface area (Å²) >= 11 is 0. The quantitative estimate of drug-likeness (QED) is 0.0147. The van der Waals surface area contributed by atoms with Crippen molar-refractivity contribution in [2.75, 3.05) is 36.9 Å². The number of aromatic nitrogens is 8. The number of hydrogen-bond donors (Lipinski definition) is 7. The first-order chi connectivity index (χ1) is 33.3. The van der Waals surface area contributed by atoms with Crippen molar-refractivity contribution in [2.45, 2.75) is 104 Å². The fraction of sp³-hybridized carbons (Fsp3) is 0.426. The number of hydrazone groups is 1. The lowest BCUT2D eigenvalue weighted by Crippen LogP contribution is -2.47. The molecule has 3 amide bonds. The molecule has 1 atom stereocenters. The molecule has 1 fully saturated rings. The Bertz CT molecular complexity index is 2950. The number of allylic oxidation sites excluding steroid dienone is 2. The topological polar surface area (TPSA) is 291 Å². The van der Waals surface area contributed by atoms with Crippen molar-refractivity contribution in [3.05, 3.63) is 82.5 Å². The molecule has 22 nitrogen and oxygen atoms in total. The monoisotopic (exact) mass is 945 g/mol. The van der Waals surface area contributed by atoms with Gasteiger partial charge in [-0.05, 0) is 83.4 Å². The third-order valence-electron chi connectivity index (χ3n) is 12.3. The molecule has 2 aliphatic rings. The molecule has 1 saturated carbocycles. The summed E-state index contributed by atoms with van der Waals surface area (Å²) in [5, 5.41) is 36.2. The van der Waals surface area contributed by atoms with Crippen molar-refractivity contribution >= 4 is 63.8 Å². The van der Waals surface area contributed by atoms with E-state index in [1.165, 1.54) is 0 Å². The Morgan fingerprint density at radius 1 is 0.826 bits per heavy atom. The van der Waals surface area contributed by atoms with Crippen LogP contribution >= 0.6 is 0 Å². The highest BCUT2D eigenvalue weighted by Crippen LogP contribution is 2.34. The first-order valence-corrected chi connectivity index (χ1v) is 23.2. The molecule has 1 aliphatic carbocycles. The van der Waals surface area contributed by atoms with Crippen molar-refractivity contribution in [1.82, 2.24) is 49.3 Å². The van der Waals surface area contributed by atoms with Crippen molar-refractivity contribution in [3.63, 3.8) is 0 Å². The summed E-state index contributed by atoms with van der Waals surface area (Å²) in [6, 6.07) is 9.35. The minimum atomic E-state index is -0.936. The molecule has 0 saturated heterocycles. The average Bonchev–Trinajstić information content (AvgIpc) is 4.18. The van der Waals surface area contributed by atoms with E-state index < -0.39 is 29.4 Å². The van der Waals surface area contributed by atoms with Crippen LogP contribution in [0.25, 0.3) is 22.1 Å². The second-order valence-corrected chi connectivity index (χ2v) is 17.4. The van der Waals surface area contributed by atoms with Gasteiger partial charge in [-0.3, -0.25) is 39.2 Å². The van der Waals surface area contributed by atoms with E-state index in [0.29, 0.717) is 107 Å². The van der Waals surface area contributed by atoms with E-state index in [1.807, 2.05) is 39.8 Å². The zero-order chi connectivity index (χ0) is 48.8. The van der Waals surface area contributed by atoms with Gasteiger partial charge >= 0.3 is 0 Å². The van der Waals surface area contributed by atoms with Crippen molar-refractivity contribution in [1.29, 1.82) is 0 Å². The highest BCUT2D eigenvalue weighted by molar-refractivity contribution is 6.05. The number of hydrogen-bond acceptors (Lipinski definition) is 14. The van der Waals surface area contributed by atoms with E-state index in [1.54, 1.807) is 54.9 Å². The summed E-state index contributed by atoms with van der Waals surface area (Å²) in [6.45, 7) is 9.17. The third kappa shape index (κ3) is 10.6. The first kappa shape index (κ1) is 47.9. The molecule has 69 heavy (non-hydrogen) atoms. The molecular weight excluding hydrogens is 887 g/mol. The number of rotatable bonds is 15. The normalized spacial score (nSPS) is 16.6. The number of aldehydes is 1. The minimum Gasteiger partial charge on any atom is -0.490 e. The van der Waals surface area contributed by atoms with Crippen molar-refractivity contribution < 1.29 is 33.8 Å². The number of nitrogens with zero attached hydrogens (tertiary/aromatic N) is 9. The minimum absolute atomic E-state index is 0.00514. The van der Waals surface area contributed by atoms with Crippen LogP contribution in [-0.4, -0.2) is 112 Å². The van der Waals surface area contributed by atoms with E-state index in [-0.39, 0.29) is 62.7 Å². The number of nitrogens with two attached hydrogens (primary N) is 2. The van der Waals surface area contributed by atoms with Crippen molar-refractivity contribution in [3.8, 4) is 11.5 Å². The molecule has 6 aromatic rings. The van der Waals surface area contributed by atoms with Crippen LogP contribution in [0, 0.1) is 13.8 Å². The second-order valence-electron chi connectivity index (χ2n) is 17.4. The Morgan fingerprint density at radius 2 is 1.38 bits per heavy atom. The van der Waals surface area contributed by atoms with Gasteiger partial charge < -0.3 is 45.9 Å². The van der Waals surface area contributed by atoms with Crippen LogP contribution in [0.15, 0.2) is 53.7 Å². The number of amides is 3. The fourth-order valence-corrected chi connectivity index (χ4v) is 8.80. The number of ether oxygens (including phenoxy) is 2. The van der Waals surface area contributed by atoms with Gasteiger partial charge in [0.1, 0.15) is 59.3 Å². The van der Waals surface area contributed by atoms with Gasteiger partial charge in [-0.2, -0.15) is 15.3 Å². The van der Waals surface area contributed by atoms with Crippen LogP contribution in [-0.2, 0) is 26.2 Å². The Hall–Kier alpha value is -7.59. The molecule has 22 heteroatoms. The highest BCUT2D eigenvalue weighted by atomic mass is 16.5. The molecule has 5 heterocycles. The summed E-state index contributed by atoms with van der Waals surface area (Å²) in [4.78, 5) is 63.8. The van der Waals surface area contributed by atoms with Crippen LogP contribution in [0.4, 0.5) is 11.9 Å². The predicted octanol–water partition coefficient (Wildman–Crippen LogP) is 3.78. The zero-order valence-electron chi connectivity index (χ0n) is 39.2. The number of benzene rings is 2. The summed E-state index contributed by atoms with van der Waals surface area (Å²) in [6.07, 6.45) is 8.39. The largest absolute Gasteiger partial charge is 0.490 e. The number of aliphatic hydroxyl groups is 1. The van der Waals surface area contributed by atoms with E-state index in [0.717, 1.165) is 12.8 Å². The van der Waals surface area contributed by atoms with Crippen LogP contribution in [0.3, 0.4) is 0 Å². The summed E-state index contributed by atoms with van der Waals surface area (Å²) in [7, 11) is 0. The maximum absolute atomic E-state index is 14.0. The van der Waals surface area contributed by atoms with Gasteiger partial charge in [-0.1, -0.05) is 25.0 Å². The highest BCUT2D eigenvalue weighted by Gasteiger charge is 2.32.